The van der Waals surface area contributed by atoms with Crippen LogP contribution in [0.15, 0.2) is 77.9 Å². The zero-order valence-corrected chi connectivity index (χ0v) is 14.0. The predicted octanol–water partition coefficient (Wildman–Crippen LogP) is 3.94. The first kappa shape index (κ1) is 17.5. The summed E-state index contributed by atoms with van der Waals surface area (Å²) >= 11 is 0. The minimum Gasteiger partial charge on any atom is -0.384 e. The van der Waals surface area contributed by atoms with E-state index in [9.17, 15) is 4.79 Å². The topological polar surface area (TPSA) is 67.5 Å². The van der Waals surface area contributed by atoms with Gasteiger partial charge in [-0.1, -0.05) is 62.4 Å². The molecule has 0 bridgehead atoms. The number of amides is 1. The van der Waals surface area contributed by atoms with Crippen molar-refractivity contribution in [3.05, 3.63) is 78.5 Å². The van der Waals surface area contributed by atoms with Gasteiger partial charge in [-0.05, 0) is 29.7 Å². The molecule has 124 valence electrons. The maximum Gasteiger partial charge on any atom is 0.255 e. The molecule has 1 amide bonds. The zero-order chi connectivity index (χ0) is 17.4. The molecule has 0 heterocycles. The summed E-state index contributed by atoms with van der Waals surface area (Å²) in [6.07, 6.45) is 3.27. The zero-order valence-electron chi connectivity index (χ0n) is 14.0. The van der Waals surface area contributed by atoms with Crippen molar-refractivity contribution in [3.8, 4) is 0 Å². The van der Waals surface area contributed by atoms with Crippen LogP contribution in [0.2, 0.25) is 0 Å². The summed E-state index contributed by atoms with van der Waals surface area (Å²) in [6.45, 7) is 4.02. The number of hydrogen-bond acceptors (Lipinski definition) is 2. The highest BCUT2D eigenvalue weighted by Gasteiger charge is 2.23. The van der Waals surface area contributed by atoms with Gasteiger partial charge >= 0.3 is 0 Å². The van der Waals surface area contributed by atoms with E-state index >= 15 is 0 Å². The molecule has 0 fully saturated rings. The number of anilines is 1. The van der Waals surface area contributed by atoms with Crippen LogP contribution in [0.1, 0.15) is 25.3 Å². The fourth-order valence-corrected chi connectivity index (χ4v) is 2.46. The number of carbonyl (C=O) groups excluding carboxylic acids is 1. The molecule has 0 aromatic heterocycles. The number of amidine groups is 1. The second-order valence-corrected chi connectivity index (χ2v) is 5.85. The van der Waals surface area contributed by atoms with Crippen LogP contribution in [0.5, 0.6) is 0 Å². The highest BCUT2D eigenvalue weighted by atomic mass is 16.1. The van der Waals surface area contributed by atoms with Crippen LogP contribution < -0.4 is 11.1 Å². The van der Waals surface area contributed by atoms with Crippen LogP contribution in [0.3, 0.4) is 0 Å². The molecule has 2 aromatic rings. The van der Waals surface area contributed by atoms with Gasteiger partial charge in [0.05, 0.1) is 5.92 Å². The van der Waals surface area contributed by atoms with E-state index in [0.717, 1.165) is 11.3 Å². The van der Waals surface area contributed by atoms with Gasteiger partial charge in [0.1, 0.15) is 5.84 Å². The van der Waals surface area contributed by atoms with E-state index < -0.39 is 0 Å². The summed E-state index contributed by atoms with van der Waals surface area (Å²) < 4.78 is 0. The van der Waals surface area contributed by atoms with Gasteiger partial charge in [-0.25, -0.2) is 0 Å². The Labute approximate surface area is 143 Å². The third kappa shape index (κ3) is 5.09. The summed E-state index contributed by atoms with van der Waals surface area (Å²) in [4.78, 5) is 16.5. The van der Waals surface area contributed by atoms with E-state index in [0.29, 0.717) is 0 Å². The maximum absolute atomic E-state index is 12.5. The minimum atomic E-state index is -0.291. The Morgan fingerprint density at radius 2 is 1.62 bits per heavy atom. The van der Waals surface area contributed by atoms with E-state index in [2.05, 4.69) is 10.3 Å². The van der Waals surface area contributed by atoms with Crippen molar-refractivity contribution in [1.82, 2.24) is 0 Å². The van der Waals surface area contributed by atoms with Gasteiger partial charge in [-0.2, -0.15) is 4.99 Å². The third-order valence-electron chi connectivity index (χ3n) is 3.61. The molecule has 24 heavy (non-hydrogen) atoms. The molecule has 1 unspecified atom stereocenters. The van der Waals surface area contributed by atoms with Gasteiger partial charge in [0.15, 0.2) is 0 Å². The number of aliphatic imine (C=N–C) groups is 1. The molecule has 2 aromatic carbocycles. The number of para-hydroxylation sites is 1. The van der Waals surface area contributed by atoms with Crippen LogP contribution in [-0.4, -0.2) is 11.7 Å². The fourth-order valence-electron chi connectivity index (χ4n) is 2.46. The molecular weight excluding hydrogens is 298 g/mol. The van der Waals surface area contributed by atoms with Crippen LogP contribution in [0.25, 0.3) is 0 Å². The molecule has 0 saturated carbocycles. The Morgan fingerprint density at radius 3 is 2.21 bits per heavy atom. The lowest BCUT2D eigenvalue weighted by atomic mass is 9.88. The summed E-state index contributed by atoms with van der Waals surface area (Å²) in [5, 5.41) is 3.08. The van der Waals surface area contributed by atoms with Crippen molar-refractivity contribution >= 4 is 17.4 Å². The Balaban J connectivity index is 2.05. The molecule has 4 heteroatoms. The maximum atomic E-state index is 12.5. The number of hydrogen-bond donors (Lipinski definition) is 2. The van der Waals surface area contributed by atoms with E-state index in [1.165, 1.54) is 0 Å². The fraction of sp³-hybridized carbons (Fsp3) is 0.200. The third-order valence-corrected chi connectivity index (χ3v) is 3.61. The standard InChI is InChI=1S/C20H23N3O/c1-15(2)19(16-9-5-3-6-10-16)20(24)23-18(21)13-14-22-17-11-7-4-8-12-17/h3-15,19,22H,1-2H3,(H2,21,23,24)/b14-13-. The molecule has 0 aliphatic rings. The Bertz CT molecular complexity index is 706. The smallest absolute Gasteiger partial charge is 0.255 e. The molecule has 4 nitrogen and oxygen atoms in total. The van der Waals surface area contributed by atoms with Crippen molar-refractivity contribution in [2.45, 2.75) is 19.8 Å². The monoisotopic (exact) mass is 321 g/mol. The number of nitrogens with one attached hydrogen (secondary N) is 1. The highest BCUT2D eigenvalue weighted by molar-refractivity contribution is 6.02. The Kier molecular flexibility index (Phi) is 6.32. The van der Waals surface area contributed by atoms with Crippen LogP contribution >= 0.6 is 0 Å². The number of benzene rings is 2. The molecular formula is C20H23N3O. The number of nitrogens with zero attached hydrogens (tertiary/aromatic N) is 1. The van der Waals surface area contributed by atoms with Gasteiger partial charge in [-0.15, -0.1) is 0 Å². The average Bonchev–Trinajstić information content (AvgIpc) is 2.56. The minimum absolute atomic E-state index is 0.142. The first-order valence-corrected chi connectivity index (χ1v) is 7.99. The molecule has 0 aliphatic heterocycles. The van der Waals surface area contributed by atoms with Crippen LogP contribution in [0.4, 0.5) is 5.69 Å². The van der Waals surface area contributed by atoms with Gasteiger partial charge in [0.2, 0.25) is 0 Å². The van der Waals surface area contributed by atoms with Crippen molar-refractivity contribution in [2.24, 2.45) is 16.6 Å². The van der Waals surface area contributed by atoms with E-state index in [1.807, 2.05) is 74.5 Å². The molecule has 0 radical (unpaired) electrons. The van der Waals surface area contributed by atoms with Crippen molar-refractivity contribution in [2.75, 3.05) is 5.32 Å². The van der Waals surface area contributed by atoms with Gasteiger partial charge < -0.3 is 11.1 Å². The normalized spacial score (nSPS) is 13.2. The predicted molar refractivity (Wildman–Crippen MR) is 99.9 cm³/mol. The summed E-state index contributed by atoms with van der Waals surface area (Å²) in [5.74, 6) is -0.189. The van der Waals surface area contributed by atoms with Crippen LogP contribution in [-0.2, 0) is 4.79 Å². The Hall–Kier alpha value is -2.88. The molecule has 1 atom stereocenters. The first-order valence-electron chi connectivity index (χ1n) is 7.99. The number of carbonyl (C=O) groups is 1. The van der Waals surface area contributed by atoms with Crippen LogP contribution in [0, 0.1) is 5.92 Å². The molecule has 3 N–H and O–H groups in total. The molecule has 2 rings (SSSR count). The van der Waals surface area contributed by atoms with Gasteiger partial charge in [0, 0.05) is 11.9 Å². The molecule has 0 aliphatic carbocycles. The number of nitrogens with two attached hydrogens (primary N) is 1. The van der Waals surface area contributed by atoms with E-state index in [1.54, 1.807) is 12.3 Å². The van der Waals surface area contributed by atoms with Crippen molar-refractivity contribution in [1.29, 1.82) is 0 Å². The lowest BCUT2D eigenvalue weighted by molar-refractivity contribution is -0.120. The van der Waals surface area contributed by atoms with Gasteiger partial charge in [-0.3, -0.25) is 4.79 Å². The largest absolute Gasteiger partial charge is 0.384 e. The average molecular weight is 321 g/mol. The second-order valence-electron chi connectivity index (χ2n) is 5.85. The van der Waals surface area contributed by atoms with Crippen molar-refractivity contribution in [3.63, 3.8) is 0 Å². The Morgan fingerprint density at radius 1 is 1.04 bits per heavy atom. The molecule has 0 spiro atoms. The second kappa shape index (κ2) is 8.67. The molecule has 0 saturated heterocycles. The first-order chi connectivity index (χ1) is 11.6. The van der Waals surface area contributed by atoms with E-state index in [-0.39, 0.29) is 23.6 Å². The van der Waals surface area contributed by atoms with Gasteiger partial charge in [0.25, 0.3) is 5.91 Å². The summed E-state index contributed by atoms with van der Waals surface area (Å²) in [6, 6.07) is 19.4. The number of rotatable bonds is 6. The van der Waals surface area contributed by atoms with Crippen molar-refractivity contribution < 1.29 is 4.79 Å². The lowest BCUT2D eigenvalue weighted by Gasteiger charge is -2.17. The summed E-state index contributed by atoms with van der Waals surface area (Å²) in [5.41, 5.74) is 7.76. The quantitative estimate of drug-likeness (QED) is 0.625. The summed E-state index contributed by atoms with van der Waals surface area (Å²) in [7, 11) is 0. The highest BCUT2D eigenvalue weighted by Crippen LogP contribution is 2.25. The SMILES string of the molecule is CC(C)C(C(=O)N=C(N)/C=C\Nc1ccccc1)c1ccccc1. The van der Waals surface area contributed by atoms with E-state index in [4.69, 9.17) is 5.73 Å². The lowest BCUT2D eigenvalue weighted by Crippen LogP contribution is -2.20.